The van der Waals surface area contributed by atoms with Gasteiger partial charge in [0.1, 0.15) is 0 Å². The Kier molecular flexibility index (Phi) is 2.60. The van der Waals surface area contributed by atoms with E-state index in [1.54, 1.807) is 19.9 Å². The summed E-state index contributed by atoms with van der Waals surface area (Å²) in [6.45, 7) is 3.48. The first-order valence-corrected chi connectivity index (χ1v) is 4.17. The molecule has 1 heterocycles. The van der Waals surface area contributed by atoms with Crippen LogP contribution in [-0.2, 0) is 11.2 Å². The van der Waals surface area contributed by atoms with Gasteiger partial charge >= 0.3 is 0 Å². The highest BCUT2D eigenvalue weighted by Gasteiger charge is 2.09. The zero-order valence-electron chi connectivity index (χ0n) is 8.16. The van der Waals surface area contributed by atoms with E-state index >= 15 is 0 Å². The van der Waals surface area contributed by atoms with E-state index in [4.69, 9.17) is 11.1 Å². The minimum absolute atomic E-state index is 0.0214. The van der Waals surface area contributed by atoms with Gasteiger partial charge in [-0.15, -0.1) is 0 Å². The van der Waals surface area contributed by atoms with Crippen LogP contribution < -0.4 is 11.2 Å². The molecule has 0 bridgehead atoms. The number of nitrogens with two attached hydrogens (primary N) is 1. The van der Waals surface area contributed by atoms with Crippen LogP contribution in [0.4, 0.5) is 0 Å². The average molecular weight is 195 g/mol. The number of carbonyl (C=O) groups is 1. The molecule has 1 aromatic rings. The maximum Gasteiger partial charge on any atom is 0.223 e. The van der Waals surface area contributed by atoms with Crippen molar-refractivity contribution >= 4 is 5.91 Å². The van der Waals surface area contributed by atoms with Gasteiger partial charge in [-0.2, -0.15) is 4.73 Å². The first kappa shape index (κ1) is 10.3. The standard InChI is InChI=1S/C9H13N3O2/c1-5-3-6(2)9(11)12(14)7(5)4-8(10)13/h3,11,14H,4H2,1-2H3,(H2,10,13). The molecule has 0 atom stereocenters. The average Bonchev–Trinajstić information content (AvgIpc) is 2.09. The van der Waals surface area contributed by atoms with Crippen LogP contribution in [0.25, 0.3) is 0 Å². The first-order valence-electron chi connectivity index (χ1n) is 4.17. The largest absolute Gasteiger partial charge is 0.427 e. The van der Waals surface area contributed by atoms with Gasteiger partial charge in [0, 0.05) is 0 Å². The quantitative estimate of drug-likeness (QED) is 0.572. The zero-order valence-corrected chi connectivity index (χ0v) is 8.16. The summed E-state index contributed by atoms with van der Waals surface area (Å²) >= 11 is 0. The maximum absolute atomic E-state index is 10.7. The number of aryl methyl sites for hydroxylation is 2. The summed E-state index contributed by atoms with van der Waals surface area (Å²) in [5.74, 6) is -0.529. The molecular weight excluding hydrogens is 182 g/mol. The Bertz CT molecular complexity index is 434. The molecule has 1 rings (SSSR count). The Hall–Kier alpha value is -1.78. The Morgan fingerprint density at radius 1 is 1.57 bits per heavy atom. The van der Waals surface area contributed by atoms with E-state index in [1.165, 1.54) is 0 Å². The molecule has 76 valence electrons. The van der Waals surface area contributed by atoms with Crippen molar-refractivity contribution in [3.8, 4) is 0 Å². The van der Waals surface area contributed by atoms with Crippen LogP contribution in [0.3, 0.4) is 0 Å². The lowest BCUT2D eigenvalue weighted by atomic mass is 10.1. The molecule has 4 N–H and O–H groups in total. The van der Waals surface area contributed by atoms with E-state index in [0.717, 1.165) is 5.56 Å². The Morgan fingerprint density at radius 2 is 2.14 bits per heavy atom. The SMILES string of the molecule is Cc1cc(C)c(=N)n(O)c1CC(N)=O. The fraction of sp³-hybridized carbons (Fsp3) is 0.333. The van der Waals surface area contributed by atoms with Crippen LogP contribution in [0.5, 0.6) is 0 Å². The van der Waals surface area contributed by atoms with Gasteiger partial charge in [0.25, 0.3) is 0 Å². The van der Waals surface area contributed by atoms with Crippen LogP contribution in [0.1, 0.15) is 16.8 Å². The van der Waals surface area contributed by atoms with Gasteiger partial charge in [-0.05, 0) is 25.0 Å². The highest BCUT2D eigenvalue weighted by Crippen LogP contribution is 2.06. The second kappa shape index (κ2) is 3.53. The molecule has 5 heteroatoms. The summed E-state index contributed by atoms with van der Waals surface area (Å²) in [5.41, 5.74) is 6.77. The third-order valence-electron chi connectivity index (χ3n) is 2.07. The molecule has 0 aliphatic rings. The second-order valence-corrected chi connectivity index (χ2v) is 3.26. The number of rotatable bonds is 2. The summed E-state index contributed by atoms with van der Waals surface area (Å²) in [6.07, 6.45) is -0.0610. The van der Waals surface area contributed by atoms with Gasteiger partial charge in [0.15, 0.2) is 5.49 Å². The van der Waals surface area contributed by atoms with Gasteiger partial charge in [0.2, 0.25) is 5.91 Å². The highest BCUT2D eigenvalue weighted by molar-refractivity contribution is 5.76. The highest BCUT2D eigenvalue weighted by atomic mass is 16.5. The lowest BCUT2D eigenvalue weighted by Crippen LogP contribution is -2.27. The molecule has 0 aromatic carbocycles. The fourth-order valence-electron chi connectivity index (χ4n) is 1.32. The van der Waals surface area contributed by atoms with Gasteiger partial charge in [-0.3, -0.25) is 10.2 Å². The lowest BCUT2D eigenvalue weighted by Gasteiger charge is -2.10. The minimum atomic E-state index is -0.529. The predicted octanol–water partition coefficient (Wildman–Crippen LogP) is -0.150. The normalized spacial score (nSPS) is 10.1. The molecule has 5 nitrogen and oxygen atoms in total. The van der Waals surface area contributed by atoms with E-state index in [9.17, 15) is 10.0 Å². The molecule has 0 aliphatic heterocycles. The number of nitrogens with zero attached hydrogens (tertiary/aromatic N) is 1. The molecule has 0 spiro atoms. The molecule has 0 saturated carbocycles. The van der Waals surface area contributed by atoms with E-state index in [2.05, 4.69) is 0 Å². The van der Waals surface area contributed by atoms with E-state index in [0.29, 0.717) is 16.0 Å². The monoisotopic (exact) mass is 195 g/mol. The van der Waals surface area contributed by atoms with Crippen LogP contribution in [0, 0.1) is 19.3 Å². The molecular formula is C9H13N3O2. The van der Waals surface area contributed by atoms with Crippen molar-refractivity contribution in [2.24, 2.45) is 5.73 Å². The summed E-state index contributed by atoms with van der Waals surface area (Å²) < 4.78 is 0.704. The van der Waals surface area contributed by atoms with Crippen molar-refractivity contribution < 1.29 is 10.0 Å². The summed E-state index contributed by atoms with van der Waals surface area (Å²) in [7, 11) is 0. The smallest absolute Gasteiger partial charge is 0.223 e. The first-order chi connectivity index (χ1) is 6.43. The van der Waals surface area contributed by atoms with Crippen LogP contribution in [-0.4, -0.2) is 15.8 Å². The maximum atomic E-state index is 10.7. The lowest BCUT2D eigenvalue weighted by molar-refractivity contribution is -0.117. The van der Waals surface area contributed by atoms with Crippen LogP contribution >= 0.6 is 0 Å². The molecule has 1 amide bonds. The molecule has 1 aromatic heterocycles. The van der Waals surface area contributed by atoms with Crippen LogP contribution in [0.2, 0.25) is 0 Å². The third-order valence-corrected chi connectivity index (χ3v) is 2.07. The van der Waals surface area contributed by atoms with Crippen molar-refractivity contribution in [3.63, 3.8) is 0 Å². The molecule has 0 unspecified atom stereocenters. The van der Waals surface area contributed by atoms with Gasteiger partial charge < -0.3 is 10.9 Å². The molecule has 0 aliphatic carbocycles. The number of aromatic nitrogens is 1. The van der Waals surface area contributed by atoms with Crippen molar-refractivity contribution in [1.29, 1.82) is 5.41 Å². The van der Waals surface area contributed by atoms with E-state index < -0.39 is 5.91 Å². The van der Waals surface area contributed by atoms with Gasteiger partial charge in [-0.25, -0.2) is 0 Å². The van der Waals surface area contributed by atoms with Crippen molar-refractivity contribution in [3.05, 3.63) is 28.4 Å². The number of primary amides is 1. The summed E-state index contributed by atoms with van der Waals surface area (Å²) in [4.78, 5) is 10.7. The molecule has 0 fully saturated rings. The van der Waals surface area contributed by atoms with E-state index in [-0.39, 0.29) is 11.9 Å². The van der Waals surface area contributed by atoms with Crippen molar-refractivity contribution in [1.82, 2.24) is 4.73 Å². The molecule has 14 heavy (non-hydrogen) atoms. The number of carbonyl (C=O) groups excluding carboxylic acids is 1. The Morgan fingerprint density at radius 3 is 2.64 bits per heavy atom. The summed E-state index contributed by atoms with van der Waals surface area (Å²) in [6, 6.07) is 1.74. The van der Waals surface area contributed by atoms with E-state index in [1.807, 2.05) is 0 Å². The Labute approximate surface area is 81.3 Å². The van der Waals surface area contributed by atoms with Crippen molar-refractivity contribution in [2.45, 2.75) is 20.3 Å². The Balaban J connectivity index is 3.36. The number of pyridine rings is 1. The van der Waals surface area contributed by atoms with Gasteiger partial charge in [0.05, 0.1) is 12.1 Å². The number of hydrogen-bond donors (Lipinski definition) is 3. The van der Waals surface area contributed by atoms with Crippen molar-refractivity contribution in [2.75, 3.05) is 0 Å². The number of amides is 1. The molecule has 0 saturated heterocycles. The third kappa shape index (κ3) is 1.76. The predicted molar refractivity (Wildman–Crippen MR) is 49.8 cm³/mol. The number of nitrogens with one attached hydrogen (secondary N) is 1. The van der Waals surface area contributed by atoms with Gasteiger partial charge in [-0.1, -0.05) is 6.07 Å². The second-order valence-electron chi connectivity index (χ2n) is 3.26. The zero-order chi connectivity index (χ0) is 10.9. The molecule has 0 radical (unpaired) electrons. The topological polar surface area (TPSA) is 92.1 Å². The summed E-state index contributed by atoms with van der Waals surface area (Å²) in [5, 5.41) is 17.0. The fourth-order valence-corrected chi connectivity index (χ4v) is 1.32. The minimum Gasteiger partial charge on any atom is -0.427 e. The number of hydrogen-bond acceptors (Lipinski definition) is 3. The van der Waals surface area contributed by atoms with Crippen LogP contribution in [0.15, 0.2) is 6.07 Å².